The zero-order chi connectivity index (χ0) is 14.1. The molecule has 1 heterocycles. The van der Waals surface area contributed by atoms with Gasteiger partial charge in [0, 0.05) is 24.9 Å². The highest BCUT2D eigenvalue weighted by Gasteiger charge is 2.44. The van der Waals surface area contributed by atoms with Gasteiger partial charge in [0.1, 0.15) is 0 Å². The van der Waals surface area contributed by atoms with E-state index in [-0.39, 0.29) is 12.0 Å². The number of nitrogens with zero attached hydrogens (tertiary/aromatic N) is 1. The molecule has 0 spiro atoms. The highest BCUT2D eigenvalue weighted by molar-refractivity contribution is 5.79. The Morgan fingerprint density at radius 1 is 1.20 bits per heavy atom. The molecule has 1 aliphatic heterocycles. The lowest BCUT2D eigenvalue weighted by atomic mass is 9.79. The number of amides is 1. The Morgan fingerprint density at radius 2 is 2.05 bits per heavy atom. The van der Waals surface area contributed by atoms with Crippen molar-refractivity contribution in [1.82, 2.24) is 4.90 Å². The lowest BCUT2D eigenvalue weighted by molar-refractivity contribution is -0.136. The van der Waals surface area contributed by atoms with Crippen LogP contribution in [-0.2, 0) is 4.79 Å². The van der Waals surface area contributed by atoms with Crippen LogP contribution in [-0.4, -0.2) is 41.7 Å². The van der Waals surface area contributed by atoms with Gasteiger partial charge >= 0.3 is 0 Å². The summed E-state index contributed by atoms with van der Waals surface area (Å²) in [6.45, 7) is 2.42. The Bertz CT molecular complexity index is 358. The van der Waals surface area contributed by atoms with Crippen LogP contribution in [0.3, 0.4) is 0 Å². The van der Waals surface area contributed by atoms with Gasteiger partial charge in [-0.1, -0.05) is 12.8 Å². The van der Waals surface area contributed by atoms with Gasteiger partial charge in [-0.25, -0.2) is 0 Å². The van der Waals surface area contributed by atoms with Crippen LogP contribution in [0, 0.1) is 23.7 Å². The highest BCUT2D eigenvalue weighted by atomic mass is 16.3. The van der Waals surface area contributed by atoms with Crippen molar-refractivity contribution in [1.29, 1.82) is 0 Å². The normalized spacial score (nSPS) is 40.9. The third kappa shape index (κ3) is 2.73. The standard InChI is InChI=1S/C16H28N2O2/c17-7-6-11-2-1-3-12(8-11)16(20)18-9-13-4-5-15(19)14(13)10-18/h11-15,19H,1-10,17H2. The number of hydrogen-bond acceptors (Lipinski definition) is 3. The maximum atomic E-state index is 12.7. The van der Waals surface area contributed by atoms with E-state index in [4.69, 9.17) is 5.73 Å². The molecule has 0 aromatic heterocycles. The minimum atomic E-state index is -0.172. The molecule has 4 heteroatoms. The molecule has 3 N–H and O–H groups in total. The van der Waals surface area contributed by atoms with Crippen molar-refractivity contribution in [3.8, 4) is 0 Å². The highest BCUT2D eigenvalue weighted by Crippen LogP contribution is 2.40. The summed E-state index contributed by atoms with van der Waals surface area (Å²) >= 11 is 0. The number of carbonyl (C=O) groups excluding carboxylic acids is 1. The van der Waals surface area contributed by atoms with Crippen LogP contribution in [0.2, 0.25) is 0 Å². The van der Waals surface area contributed by atoms with Gasteiger partial charge in [-0.3, -0.25) is 4.79 Å². The zero-order valence-corrected chi connectivity index (χ0v) is 12.3. The van der Waals surface area contributed by atoms with E-state index in [1.807, 2.05) is 4.90 Å². The molecule has 1 saturated heterocycles. The van der Waals surface area contributed by atoms with E-state index in [2.05, 4.69) is 0 Å². The Balaban J connectivity index is 1.56. The van der Waals surface area contributed by atoms with E-state index in [0.717, 1.165) is 51.7 Å². The number of likely N-dealkylation sites (tertiary alicyclic amines) is 1. The molecule has 3 rings (SSSR count). The molecule has 0 radical (unpaired) electrons. The maximum absolute atomic E-state index is 12.7. The lowest BCUT2D eigenvalue weighted by Crippen LogP contribution is -2.38. The molecular weight excluding hydrogens is 252 g/mol. The van der Waals surface area contributed by atoms with Crippen LogP contribution in [0.4, 0.5) is 0 Å². The van der Waals surface area contributed by atoms with Crippen molar-refractivity contribution in [3.63, 3.8) is 0 Å². The Kier molecular flexibility index (Phi) is 4.32. The first-order chi connectivity index (χ1) is 9.69. The molecule has 0 aromatic carbocycles. The molecule has 5 atom stereocenters. The predicted molar refractivity (Wildman–Crippen MR) is 77.9 cm³/mol. The molecule has 2 aliphatic carbocycles. The summed E-state index contributed by atoms with van der Waals surface area (Å²) < 4.78 is 0. The molecule has 2 saturated carbocycles. The van der Waals surface area contributed by atoms with Gasteiger partial charge < -0.3 is 15.7 Å². The van der Waals surface area contributed by atoms with Crippen LogP contribution in [0.15, 0.2) is 0 Å². The summed E-state index contributed by atoms with van der Waals surface area (Å²) in [7, 11) is 0. The van der Waals surface area contributed by atoms with Crippen molar-refractivity contribution >= 4 is 5.91 Å². The Hall–Kier alpha value is -0.610. The van der Waals surface area contributed by atoms with Gasteiger partial charge in [0.25, 0.3) is 0 Å². The minimum absolute atomic E-state index is 0.172. The fraction of sp³-hybridized carbons (Fsp3) is 0.938. The van der Waals surface area contributed by atoms with Crippen molar-refractivity contribution in [2.75, 3.05) is 19.6 Å². The van der Waals surface area contributed by atoms with Crippen LogP contribution in [0.1, 0.15) is 44.9 Å². The average molecular weight is 280 g/mol. The average Bonchev–Trinajstić information content (AvgIpc) is 3.01. The van der Waals surface area contributed by atoms with Gasteiger partial charge in [-0.15, -0.1) is 0 Å². The van der Waals surface area contributed by atoms with E-state index in [1.54, 1.807) is 0 Å². The monoisotopic (exact) mass is 280 g/mol. The van der Waals surface area contributed by atoms with Crippen molar-refractivity contribution < 1.29 is 9.90 Å². The predicted octanol–water partition coefficient (Wildman–Crippen LogP) is 1.37. The molecule has 0 aromatic rings. The van der Waals surface area contributed by atoms with Crippen LogP contribution in [0.5, 0.6) is 0 Å². The Morgan fingerprint density at radius 3 is 2.80 bits per heavy atom. The summed E-state index contributed by atoms with van der Waals surface area (Å²) in [5.74, 6) is 2.12. The summed E-state index contributed by atoms with van der Waals surface area (Å²) in [5.41, 5.74) is 5.66. The summed E-state index contributed by atoms with van der Waals surface area (Å²) in [4.78, 5) is 14.7. The Labute approximate surface area is 121 Å². The number of carbonyl (C=O) groups is 1. The summed E-state index contributed by atoms with van der Waals surface area (Å²) in [6.07, 6.45) is 7.41. The second-order valence-electron chi connectivity index (χ2n) is 7.12. The largest absolute Gasteiger partial charge is 0.393 e. The zero-order valence-electron chi connectivity index (χ0n) is 12.3. The van der Waals surface area contributed by atoms with Crippen LogP contribution >= 0.6 is 0 Å². The van der Waals surface area contributed by atoms with Gasteiger partial charge in [-0.05, 0) is 50.5 Å². The van der Waals surface area contributed by atoms with Crippen molar-refractivity contribution in [2.45, 2.75) is 51.0 Å². The topological polar surface area (TPSA) is 66.6 Å². The molecule has 20 heavy (non-hydrogen) atoms. The third-order valence-electron chi connectivity index (χ3n) is 5.84. The number of aliphatic hydroxyl groups excluding tert-OH is 1. The smallest absolute Gasteiger partial charge is 0.225 e. The fourth-order valence-corrected chi connectivity index (χ4v) is 4.69. The first kappa shape index (κ1) is 14.3. The SMILES string of the molecule is NCCC1CCCC(C(=O)N2CC3CCC(O)C3C2)C1. The minimum Gasteiger partial charge on any atom is -0.393 e. The van der Waals surface area contributed by atoms with E-state index in [9.17, 15) is 9.90 Å². The second-order valence-corrected chi connectivity index (χ2v) is 7.12. The van der Waals surface area contributed by atoms with Gasteiger partial charge in [0.05, 0.1) is 6.10 Å². The molecule has 114 valence electrons. The molecule has 1 amide bonds. The van der Waals surface area contributed by atoms with E-state index in [1.165, 1.54) is 12.8 Å². The number of hydrogen-bond donors (Lipinski definition) is 2. The van der Waals surface area contributed by atoms with Gasteiger partial charge in [0.15, 0.2) is 0 Å². The van der Waals surface area contributed by atoms with E-state index < -0.39 is 0 Å². The van der Waals surface area contributed by atoms with Crippen LogP contribution < -0.4 is 5.73 Å². The second kappa shape index (κ2) is 6.02. The number of rotatable bonds is 3. The van der Waals surface area contributed by atoms with E-state index >= 15 is 0 Å². The summed E-state index contributed by atoms with van der Waals surface area (Å²) in [6, 6.07) is 0. The molecule has 4 nitrogen and oxygen atoms in total. The number of nitrogens with two attached hydrogens (primary N) is 1. The van der Waals surface area contributed by atoms with E-state index in [0.29, 0.717) is 23.7 Å². The molecule has 3 fully saturated rings. The fourth-order valence-electron chi connectivity index (χ4n) is 4.69. The lowest BCUT2D eigenvalue weighted by Gasteiger charge is -2.31. The third-order valence-corrected chi connectivity index (χ3v) is 5.84. The quantitative estimate of drug-likeness (QED) is 0.820. The van der Waals surface area contributed by atoms with Gasteiger partial charge in [0.2, 0.25) is 5.91 Å². The first-order valence-corrected chi connectivity index (χ1v) is 8.36. The maximum Gasteiger partial charge on any atom is 0.225 e. The number of fused-ring (bicyclic) bond motifs is 1. The molecule has 0 bridgehead atoms. The number of aliphatic hydroxyl groups is 1. The van der Waals surface area contributed by atoms with Crippen molar-refractivity contribution in [2.24, 2.45) is 29.4 Å². The molecular formula is C16H28N2O2. The summed E-state index contributed by atoms with van der Waals surface area (Å²) in [5, 5.41) is 9.97. The van der Waals surface area contributed by atoms with Gasteiger partial charge in [-0.2, -0.15) is 0 Å². The van der Waals surface area contributed by atoms with Crippen molar-refractivity contribution in [3.05, 3.63) is 0 Å². The first-order valence-electron chi connectivity index (χ1n) is 8.36. The molecule has 3 aliphatic rings. The molecule has 5 unspecified atom stereocenters. The van der Waals surface area contributed by atoms with Crippen LogP contribution in [0.25, 0.3) is 0 Å².